The summed E-state index contributed by atoms with van der Waals surface area (Å²) < 4.78 is 1.49. The second kappa shape index (κ2) is 2.39. The molecule has 2 aromatic heterocycles. The van der Waals surface area contributed by atoms with Crippen LogP contribution in [0.5, 0.6) is 0 Å². The topological polar surface area (TPSA) is 56.5 Å². The Kier molecular flexibility index (Phi) is 1.39. The average molecular weight is 166 g/mol. The Labute approximate surface area is 66.7 Å². The summed E-state index contributed by atoms with van der Waals surface area (Å²) in [6.07, 6.45) is 1.70. The van der Waals surface area contributed by atoms with Crippen molar-refractivity contribution in [2.24, 2.45) is 0 Å². The number of nitrogens with zero attached hydrogens (tertiary/aromatic N) is 5. The van der Waals surface area contributed by atoms with E-state index in [0.717, 1.165) is 5.13 Å². The highest BCUT2D eigenvalue weighted by Crippen LogP contribution is 2.09. The summed E-state index contributed by atoms with van der Waals surface area (Å²) in [5, 5.41) is 13.4. The number of aromatic nitrogens is 5. The first-order valence-electron chi connectivity index (χ1n) is 2.88. The van der Waals surface area contributed by atoms with Crippen LogP contribution in [-0.4, -0.2) is 25.2 Å². The molecule has 0 atom stereocenters. The maximum atomic E-state index is 4.02. The molecule has 0 saturated heterocycles. The van der Waals surface area contributed by atoms with E-state index in [1.54, 1.807) is 6.20 Å². The minimum atomic E-state index is 0.500. The first-order chi connectivity index (χ1) is 5.38. The highest BCUT2D eigenvalue weighted by atomic mass is 32.1. The summed E-state index contributed by atoms with van der Waals surface area (Å²) in [5.74, 6) is 0.500. The summed E-state index contributed by atoms with van der Waals surface area (Å²) in [7, 11) is 0. The summed E-state index contributed by atoms with van der Waals surface area (Å²) in [5.41, 5.74) is 0. The normalized spacial score (nSPS) is 10.3. The van der Waals surface area contributed by atoms with Crippen LogP contribution in [0.3, 0.4) is 0 Å². The predicted octanol–water partition coefficient (Wildman–Crippen LogP) is 0.301. The number of tetrazole rings is 1. The predicted molar refractivity (Wildman–Crippen MR) is 39.3 cm³/mol. The minimum absolute atomic E-state index is 0.500. The molecule has 0 aliphatic rings. The Bertz CT molecular complexity index is 337. The van der Waals surface area contributed by atoms with Gasteiger partial charge in [0, 0.05) is 18.5 Å². The van der Waals surface area contributed by atoms with Crippen molar-refractivity contribution < 1.29 is 0 Å². The highest BCUT2D eigenvalue weighted by Gasteiger charge is 2.03. The van der Waals surface area contributed by atoms with Crippen molar-refractivity contribution in [3.8, 4) is 5.13 Å². The van der Waals surface area contributed by atoms with Crippen molar-refractivity contribution >= 4 is 11.3 Å². The van der Waals surface area contributed by atoms with Gasteiger partial charge in [0.2, 0.25) is 5.13 Å². The Hall–Kier alpha value is -1.30. The zero-order valence-electron chi connectivity index (χ0n) is 5.51. The van der Waals surface area contributed by atoms with Gasteiger partial charge in [-0.1, -0.05) is 0 Å². The van der Waals surface area contributed by atoms with Gasteiger partial charge in [-0.2, -0.15) is 4.68 Å². The zero-order valence-corrected chi connectivity index (χ0v) is 6.32. The van der Waals surface area contributed by atoms with Crippen LogP contribution in [-0.2, 0) is 0 Å². The van der Waals surface area contributed by atoms with Gasteiger partial charge in [0.15, 0.2) is 5.82 Å². The molecular formula is C5H4N5S. The van der Waals surface area contributed by atoms with Crippen LogP contribution < -0.4 is 0 Å². The monoisotopic (exact) mass is 166 g/mol. The first-order valence-corrected chi connectivity index (χ1v) is 3.76. The van der Waals surface area contributed by atoms with Crippen LogP contribution in [0.25, 0.3) is 5.13 Å². The second-order valence-corrected chi connectivity index (χ2v) is 2.69. The first kappa shape index (κ1) is 6.41. The van der Waals surface area contributed by atoms with Gasteiger partial charge in [-0.3, -0.25) is 0 Å². The third-order valence-corrected chi connectivity index (χ3v) is 1.88. The third-order valence-electron chi connectivity index (χ3n) is 1.13. The molecule has 0 fully saturated rings. The summed E-state index contributed by atoms with van der Waals surface area (Å²) in [6, 6.07) is 0. The fourth-order valence-corrected chi connectivity index (χ4v) is 1.28. The van der Waals surface area contributed by atoms with Crippen LogP contribution in [0.2, 0.25) is 0 Å². The molecule has 0 aliphatic carbocycles. The lowest BCUT2D eigenvalue weighted by Crippen LogP contribution is -1.97. The highest BCUT2D eigenvalue weighted by molar-refractivity contribution is 7.12. The molecule has 0 aromatic carbocycles. The van der Waals surface area contributed by atoms with E-state index in [1.807, 2.05) is 5.38 Å². The molecule has 1 radical (unpaired) electrons. The van der Waals surface area contributed by atoms with Gasteiger partial charge in [-0.15, -0.1) is 16.4 Å². The van der Waals surface area contributed by atoms with Crippen molar-refractivity contribution in [3.63, 3.8) is 0 Å². The summed E-state index contributed by atoms with van der Waals surface area (Å²) >= 11 is 1.46. The lowest BCUT2D eigenvalue weighted by Gasteiger charge is -1.91. The van der Waals surface area contributed by atoms with E-state index in [-0.39, 0.29) is 0 Å². The number of hydrogen-bond acceptors (Lipinski definition) is 5. The van der Waals surface area contributed by atoms with Gasteiger partial charge in [0.25, 0.3) is 0 Å². The van der Waals surface area contributed by atoms with Gasteiger partial charge in [-0.25, -0.2) is 4.98 Å². The van der Waals surface area contributed by atoms with Crippen molar-refractivity contribution in [3.05, 3.63) is 24.3 Å². The number of hydrogen-bond donors (Lipinski definition) is 0. The van der Waals surface area contributed by atoms with E-state index in [2.05, 4.69) is 27.4 Å². The molecule has 2 aromatic rings. The summed E-state index contributed by atoms with van der Waals surface area (Å²) in [6.45, 7) is 3.63. The van der Waals surface area contributed by atoms with Crippen molar-refractivity contribution in [2.75, 3.05) is 0 Å². The maximum absolute atomic E-state index is 4.02. The van der Waals surface area contributed by atoms with E-state index in [4.69, 9.17) is 0 Å². The number of rotatable bonds is 1. The van der Waals surface area contributed by atoms with Gasteiger partial charge < -0.3 is 0 Å². The van der Waals surface area contributed by atoms with Crippen molar-refractivity contribution in [2.45, 2.75) is 0 Å². The van der Waals surface area contributed by atoms with Crippen molar-refractivity contribution in [1.29, 1.82) is 0 Å². The Morgan fingerprint density at radius 2 is 2.45 bits per heavy atom. The fourth-order valence-electron chi connectivity index (χ4n) is 0.675. The lowest BCUT2D eigenvalue weighted by molar-refractivity contribution is 0.779. The van der Waals surface area contributed by atoms with E-state index < -0.39 is 0 Å². The third kappa shape index (κ3) is 1.01. The molecule has 2 heterocycles. The van der Waals surface area contributed by atoms with Crippen LogP contribution in [0.15, 0.2) is 11.6 Å². The molecule has 5 nitrogen and oxygen atoms in total. The van der Waals surface area contributed by atoms with E-state index in [1.165, 1.54) is 16.0 Å². The molecule has 2 rings (SSSR count). The van der Waals surface area contributed by atoms with E-state index in [9.17, 15) is 0 Å². The Morgan fingerprint density at radius 3 is 3.00 bits per heavy atom. The van der Waals surface area contributed by atoms with Gasteiger partial charge in [0.1, 0.15) is 0 Å². The van der Waals surface area contributed by atoms with Gasteiger partial charge in [0.05, 0.1) is 0 Å². The largest absolute Gasteiger partial charge is 0.227 e. The Morgan fingerprint density at radius 1 is 1.55 bits per heavy atom. The molecule has 11 heavy (non-hydrogen) atoms. The molecule has 55 valence electrons. The fraction of sp³-hybridized carbons (Fsp3) is 0. The maximum Gasteiger partial charge on any atom is 0.213 e. The molecule has 0 spiro atoms. The molecule has 0 saturated carbocycles. The zero-order chi connectivity index (χ0) is 7.68. The second-order valence-electron chi connectivity index (χ2n) is 1.82. The van der Waals surface area contributed by atoms with Crippen molar-refractivity contribution in [1.82, 2.24) is 25.2 Å². The van der Waals surface area contributed by atoms with E-state index >= 15 is 0 Å². The number of thiazole rings is 1. The molecule has 0 aliphatic heterocycles. The molecule has 6 heteroatoms. The quantitative estimate of drug-likeness (QED) is 0.611. The average Bonchev–Trinajstić information content (AvgIpc) is 2.55. The van der Waals surface area contributed by atoms with Crippen LogP contribution in [0.4, 0.5) is 0 Å². The minimum Gasteiger partial charge on any atom is -0.227 e. The van der Waals surface area contributed by atoms with Crippen LogP contribution in [0.1, 0.15) is 5.82 Å². The standard InChI is InChI=1S/C5H4N5S/c1-4-7-8-9-10(4)5-6-2-3-11-5/h2-3H,1H2. The molecule has 0 N–H and O–H groups in total. The van der Waals surface area contributed by atoms with E-state index in [0.29, 0.717) is 5.82 Å². The smallest absolute Gasteiger partial charge is 0.213 e. The molecule has 0 amide bonds. The SMILES string of the molecule is [CH2]c1nnnn1-c1nccs1. The summed E-state index contributed by atoms with van der Waals surface area (Å²) in [4.78, 5) is 4.02. The van der Waals surface area contributed by atoms with Gasteiger partial charge in [-0.05, 0) is 10.4 Å². The van der Waals surface area contributed by atoms with Crippen LogP contribution >= 0.6 is 11.3 Å². The lowest BCUT2D eigenvalue weighted by atomic mass is 10.7. The molecule has 0 bridgehead atoms. The Balaban J connectivity index is 2.53. The van der Waals surface area contributed by atoms with Gasteiger partial charge >= 0.3 is 0 Å². The molecule has 0 unspecified atom stereocenters. The molecular weight excluding hydrogens is 162 g/mol. The van der Waals surface area contributed by atoms with Crippen LogP contribution in [0, 0.1) is 6.92 Å².